The lowest BCUT2D eigenvalue weighted by atomic mass is 9.86. The molecule has 9 heteroatoms. The Kier molecular flexibility index (Phi) is 9.50. The van der Waals surface area contributed by atoms with Crippen molar-refractivity contribution in [3.63, 3.8) is 0 Å². The normalized spacial score (nSPS) is 27.3. The van der Waals surface area contributed by atoms with Crippen LogP contribution in [0.15, 0.2) is 24.3 Å². The molecule has 42 heavy (non-hydrogen) atoms. The Morgan fingerprint density at radius 1 is 0.952 bits per heavy atom. The van der Waals surface area contributed by atoms with E-state index in [1.165, 1.54) is 0 Å². The molecular formula is C33H48ClF2N3O3. The number of benzene rings is 1. The molecule has 3 fully saturated rings. The van der Waals surface area contributed by atoms with Crippen molar-refractivity contribution in [2.24, 2.45) is 11.3 Å². The largest absolute Gasteiger partial charge is 0.334 e. The standard InChI is InChI=1S/C33H48ClF2N3O3/c1-8-28(40)27-17-24(39(30(42)31(2,3)4)23-13-15-33(35,36)16-14-23)18-38(27)29(41)26-20-37(32(5,6)7)19-25(26)21-9-11-22(34)12-10-21/h9-12,23-27H,8,13-20H2,1-7H3/t24-,25-,26+,27-/m0/s1. The fourth-order valence-corrected chi connectivity index (χ4v) is 7.11. The van der Waals surface area contributed by atoms with E-state index in [4.69, 9.17) is 11.6 Å². The third kappa shape index (κ3) is 7.01. The minimum atomic E-state index is -2.72. The molecule has 2 heterocycles. The molecule has 1 aliphatic carbocycles. The Bertz CT molecular complexity index is 1150. The van der Waals surface area contributed by atoms with Gasteiger partial charge in [-0.3, -0.25) is 19.3 Å². The van der Waals surface area contributed by atoms with Gasteiger partial charge in [0.05, 0.1) is 18.0 Å². The van der Waals surface area contributed by atoms with Gasteiger partial charge in [-0.2, -0.15) is 0 Å². The lowest BCUT2D eigenvalue weighted by molar-refractivity contribution is -0.148. The summed E-state index contributed by atoms with van der Waals surface area (Å²) >= 11 is 6.18. The van der Waals surface area contributed by atoms with E-state index in [9.17, 15) is 23.2 Å². The predicted octanol–water partition coefficient (Wildman–Crippen LogP) is 6.56. The molecule has 4 rings (SSSR count). The molecule has 0 N–H and O–H groups in total. The average molecular weight is 608 g/mol. The van der Waals surface area contributed by atoms with Crippen LogP contribution in [0.4, 0.5) is 8.78 Å². The van der Waals surface area contributed by atoms with Crippen molar-refractivity contribution in [1.29, 1.82) is 0 Å². The van der Waals surface area contributed by atoms with Gasteiger partial charge in [-0.25, -0.2) is 8.78 Å². The maximum absolute atomic E-state index is 14.5. The van der Waals surface area contributed by atoms with Gasteiger partial charge < -0.3 is 9.80 Å². The highest BCUT2D eigenvalue weighted by atomic mass is 35.5. The quantitative estimate of drug-likeness (QED) is 0.368. The number of hydrogen-bond donors (Lipinski definition) is 0. The highest BCUT2D eigenvalue weighted by Crippen LogP contribution is 2.42. The summed E-state index contributed by atoms with van der Waals surface area (Å²) in [5, 5.41) is 0.632. The van der Waals surface area contributed by atoms with E-state index in [1.807, 2.05) is 45.0 Å². The highest BCUT2D eigenvalue weighted by Gasteiger charge is 2.51. The first-order chi connectivity index (χ1) is 19.4. The molecule has 2 aliphatic heterocycles. The van der Waals surface area contributed by atoms with Crippen LogP contribution in [0.3, 0.4) is 0 Å². The van der Waals surface area contributed by atoms with Crippen molar-refractivity contribution in [1.82, 2.24) is 14.7 Å². The molecule has 0 radical (unpaired) electrons. The maximum Gasteiger partial charge on any atom is 0.248 e. The van der Waals surface area contributed by atoms with Crippen LogP contribution in [0.2, 0.25) is 5.02 Å². The molecule has 0 spiro atoms. The zero-order valence-electron chi connectivity index (χ0n) is 26.3. The number of carbonyl (C=O) groups is 3. The monoisotopic (exact) mass is 607 g/mol. The van der Waals surface area contributed by atoms with Gasteiger partial charge in [0, 0.05) is 66.8 Å². The van der Waals surface area contributed by atoms with Crippen LogP contribution in [-0.2, 0) is 14.4 Å². The van der Waals surface area contributed by atoms with E-state index in [0.29, 0.717) is 24.5 Å². The van der Waals surface area contributed by atoms with Crippen molar-refractivity contribution < 1.29 is 23.2 Å². The summed E-state index contributed by atoms with van der Waals surface area (Å²) in [6.07, 6.45) is 0.538. The molecule has 2 saturated heterocycles. The van der Waals surface area contributed by atoms with E-state index in [-0.39, 0.29) is 79.7 Å². The van der Waals surface area contributed by atoms with Crippen LogP contribution >= 0.6 is 11.6 Å². The molecule has 4 atom stereocenters. The molecular weight excluding hydrogens is 560 g/mol. The van der Waals surface area contributed by atoms with Gasteiger partial charge in [0.2, 0.25) is 17.7 Å². The van der Waals surface area contributed by atoms with Crippen molar-refractivity contribution in [3.05, 3.63) is 34.9 Å². The molecule has 1 aromatic carbocycles. The van der Waals surface area contributed by atoms with Crippen LogP contribution in [0, 0.1) is 11.3 Å². The Hall–Kier alpha value is -2.06. The Morgan fingerprint density at radius 3 is 2.07 bits per heavy atom. The molecule has 6 nitrogen and oxygen atoms in total. The molecule has 234 valence electrons. The smallest absolute Gasteiger partial charge is 0.248 e. The Balaban J connectivity index is 1.67. The number of ketones is 1. The lowest BCUT2D eigenvalue weighted by Gasteiger charge is -2.43. The van der Waals surface area contributed by atoms with E-state index in [1.54, 1.807) is 16.7 Å². The summed E-state index contributed by atoms with van der Waals surface area (Å²) in [6.45, 7) is 15.2. The summed E-state index contributed by atoms with van der Waals surface area (Å²) < 4.78 is 28.2. The zero-order chi connectivity index (χ0) is 31.2. The van der Waals surface area contributed by atoms with E-state index >= 15 is 0 Å². The number of rotatable bonds is 6. The van der Waals surface area contributed by atoms with Crippen molar-refractivity contribution >= 4 is 29.2 Å². The first kappa shape index (κ1) is 32.8. The number of alkyl halides is 2. The second kappa shape index (κ2) is 12.1. The minimum Gasteiger partial charge on any atom is -0.334 e. The fraction of sp³-hybridized carbons (Fsp3) is 0.727. The summed E-state index contributed by atoms with van der Waals surface area (Å²) in [5.41, 5.74) is 0.163. The molecule has 3 aliphatic rings. The average Bonchev–Trinajstić information content (AvgIpc) is 3.54. The highest BCUT2D eigenvalue weighted by molar-refractivity contribution is 6.30. The topological polar surface area (TPSA) is 60.9 Å². The molecule has 0 aromatic heterocycles. The number of likely N-dealkylation sites (tertiary alicyclic amines) is 2. The second-order valence-electron chi connectivity index (χ2n) is 14.6. The number of halogens is 3. The van der Waals surface area contributed by atoms with Gasteiger partial charge in [0.1, 0.15) is 0 Å². The van der Waals surface area contributed by atoms with Gasteiger partial charge >= 0.3 is 0 Å². The SMILES string of the molecule is CCC(=O)[C@@H]1C[C@H](N(C(=O)C(C)(C)C)C2CCC(F)(F)CC2)CN1C(=O)[C@@H]1CN(C(C)(C)C)C[C@H]1c1ccc(Cl)cc1. The predicted molar refractivity (Wildman–Crippen MR) is 162 cm³/mol. The molecule has 1 saturated carbocycles. The van der Waals surface area contributed by atoms with Crippen LogP contribution in [-0.4, -0.2) is 81.5 Å². The van der Waals surface area contributed by atoms with Crippen molar-refractivity contribution in [3.8, 4) is 0 Å². The Labute approximate surface area is 255 Å². The minimum absolute atomic E-state index is 0.0297. The Morgan fingerprint density at radius 2 is 1.55 bits per heavy atom. The third-order valence-corrected chi connectivity index (χ3v) is 9.77. The fourth-order valence-electron chi connectivity index (χ4n) is 6.98. The first-order valence-electron chi connectivity index (χ1n) is 15.5. The molecule has 2 amide bonds. The summed E-state index contributed by atoms with van der Waals surface area (Å²) in [5.74, 6) is -3.37. The zero-order valence-corrected chi connectivity index (χ0v) is 27.0. The lowest BCUT2D eigenvalue weighted by Crippen LogP contribution is -2.54. The number of hydrogen-bond acceptors (Lipinski definition) is 4. The van der Waals surface area contributed by atoms with Gasteiger partial charge in [0.15, 0.2) is 5.78 Å². The van der Waals surface area contributed by atoms with E-state index in [0.717, 1.165) is 5.56 Å². The summed E-state index contributed by atoms with van der Waals surface area (Å²) in [6, 6.07) is 6.27. The van der Waals surface area contributed by atoms with Crippen LogP contribution in [0.25, 0.3) is 0 Å². The van der Waals surface area contributed by atoms with E-state index < -0.39 is 23.4 Å². The van der Waals surface area contributed by atoms with E-state index in [2.05, 4.69) is 25.7 Å². The maximum atomic E-state index is 14.5. The first-order valence-corrected chi connectivity index (χ1v) is 15.8. The van der Waals surface area contributed by atoms with Crippen LogP contribution < -0.4 is 0 Å². The molecule has 1 aromatic rings. The van der Waals surface area contributed by atoms with Gasteiger partial charge in [-0.15, -0.1) is 0 Å². The number of Topliss-reactive ketones (excluding diaryl/α,β-unsaturated/α-hetero) is 1. The summed E-state index contributed by atoms with van der Waals surface area (Å²) in [4.78, 5) is 47.5. The van der Waals surface area contributed by atoms with Crippen molar-refractivity contribution in [2.75, 3.05) is 19.6 Å². The molecule has 0 unspecified atom stereocenters. The van der Waals surface area contributed by atoms with Gasteiger partial charge in [-0.05, 0) is 57.7 Å². The van der Waals surface area contributed by atoms with Crippen LogP contribution in [0.5, 0.6) is 0 Å². The number of amides is 2. The van der Waals surface area contributed by atoms with Crippen LogP contribution in [0.1, 0.15) is 98.5 Å². The van der Waals surface area contributed by atoms with Gasteiger partial charge in [-0.1, -0.05) is 51.4 Å². The van der Waals surface area contributed by atoms with Crippen molar-refractivity contribution in [2.45, 2.75) is 122 Å². The summed E-state index contributed by atoms with van der Waals surface area (Å²) in [7, 11) is 0. The molecule has 0 bridgehead atoms. The number of carbonyl (C=O) groups excluding carboxylic acids is 3. The second-order valence-corrected chi connectivity index (χ2v) is 15.0. The third-order valence-electron chi connectivity index (χ3n) is 9.52. The number of nitrogens with zero attached hydrogens (tertiary/aromatic N) is 3. The van der Waals surface area contributed by atoms with Gasteiger partial charge in [0.25, 0.3) is 0 Å².